The van der Waals surface area contributed by atoms with Gasteiger partial charge in [0.05, 0.1) is 29.9 Å². The van der Waals surface area contributed by atoms with Crippen molar-refractivity contribution in [2.24, 2.45) is 0 Å². The van der Waals surface area contributed by atoms with E-state index in [1.54, 1.807) is 6.20 Å². The first-order valence-electron chi connectivity index (χ1n) is 12.6. The number of aryl methyl sites for hydroxylation is 1. The number of carbonyl (C=O) groups excluding carboxylic acids is 1. The molecule has 5 heterocycles. The minimum atomic E-state index is -0.0944. The first-order chi connectivity index (χ1) is 18.2. The molecule has 0 saturated carbocycles. The van der Waals surface area contributed by atoms with Crippen LogP contribution in [0.2, 0.25) is 0 Å². The summed E-state index contributed by atoms with van der Waals surface area (Å²) in [6.07, 6.45) is 3.73. The molecule has 0 radical (unpaired) electrons. The molecule has 0 unspecified atom stereocenters. The molecule has 6 rings (SSSR count). The van der Waals surface area contributed by atoms with Crippen LogP contribution in [0.15, 0.2) is 73.1 Å². The number of fused-ring (bicyclic) bond motifs is 2. The normalized spacial score (nSPS) is 14.3. The van der Waals surface area contributed by atoms with E-state index in [0.717, 1.165) is 77.5 Å². The molecule has 1 N–H and O–H groups in total. The van der Waals surface area contributed by atoms with Crippen LogP contribution in [0.1, 0.15) is 16.1 Å². The number of rotatable bonds is 6. The standard InChI is InChI=1S/C29H28N6O2/c1-20-5-4-6-24(32-20)28-27(26-7-2-3-13-35(26)33-28)23-10-11-30-25-19-21(8-9-22(23)25)29(36)31-12-14-34-15-17-37-18-16-34/h2-11,13,19H,12,14-18H2,1H3,(H,31,36). The summed E-state index contributed by atoms with van der Waals surface area (Å²) in [5.74, 6) is -0.0944. The van der Waals surface area contributed by atoms with E-state index >= 15 is 0 Å². The molecule has 37 heavy (non-hydrogen) atoms. The van der Waals surface area contributed by atoms with Gasteiger partial charge in [0, 0.05) is 60.8 Å². The number of nitrogens with zero attached hydrogens (tertiary/aromatic N) is 5. The van der Waals surface area contributed by atoms with Gasteiger partial charge in [-0.15, -0.1) is 0 Å². The average Bonchev–Trinajstić information content (AvgIpc) is 3.32. The number of hydrogen-bond acceptors (Lipinski definition) is 6. The Morgan fingerprint density at radius 1 is 1.05 bits per heavy atom. The average molecular weight is 493 g/mol. The fraction of sp³-hybridized carbons (Fsp3) is 0.241. The van der Waals surface area contributed by atoms with Crippen LogP contribution in [-0.4, -0.2) is 69.8 Å². The van der Waals surface area contributed by atoms with Gasteiger partial charge in [0.25, 0.3) is 5.91 Å². The van der Waals surface area contributed by atoms with Crippen LogP contribution in [0.3, 0.4) is 0 Å². The van der Waals surface area contributed by atoms with Crippen molar-refractivity contribution in [1.82, 2.24) is 29.8 Å². The van der Waals surface area contributed by atoms with Gasteiger partial charge in [0.15, 0.2) is 0 Å². The lowest BCUT2D eigenvalue weighted by atomic mass is 9.97. The van der Waals surface area contributed by atoms with Gasteiger partial charge in [-0.25, -0.2) is 4.52 Å². The lowest BCUT2D eigenvalue weighted by Gasteiger charge is -2.26. The molecule has 1 fully saturated rings. The molecule has 1 amide bonds. The van der Waals surface area contributed by atoms with Crippen LogP contribution in [-0.2, 0) is 4.74 Å². The van der Waals surface area contributed by atoms with Crippen LogP contribution in [0.25, 0.3) is 38.9 Å². The summed E-state index contributed by atoms with van der Waals surface area (Å²) in [7, 11) is 0. The van der Waals surface area contributed by atoms with Crippen LogP contribution < -0.4 is 5.32 Å². The smallest absolute Gasteiger partial charge is 0.251 e. The number of amides is 1. The third-order valence-corrected chi connectivity index (χ3v) is 6.76. The minimum absolute atomic E-state index is 0.0944. The van der Waals surface area contributed by atoms with Gasteiger partial charge in [0.2, 0.25) is 0 Å². The maximum atomic E-state index is 12.9. The zero-order valence-electron chi connectivity index (χ0n) is 20.7. The second kappa shape index (κ2) is 10.1. The Hall–Kier alpha value is -4.14. The maximum absolute atomic E-state index is 12.9. The SMILES string of the molecule is Cc1cccc(-c2nn3ccccc3c2-c2ccnc3cc(C(=O)NCCN4CCOCC4)ccc23)n1. The van der Waals surface area contributed by atoms with Crippen LogP contribution >= 0.6 is 0 Å². The van der Waals surface area contributed by atoms with Crippen molar-refractivity contribution >= 4 is 22.3 Å². The Morgan fingerprint density at radius 2 is 1.95 bits per heavy atom. The van der Waals surface area contributed by atoms with Gasteiger partial charge in [-0.3, -0.25) is 19.7 Å². The number of benzene rings is 1. The Kier molecular flexibility index (Phi) is 6.34. The summed E-state index contributed by atoms with van der Waals surface area (Å²) in [6.45, 7) is 6.70. The summed E-state index contributed by atoms with van der Waals surface area (Å²) in [6, 6.07) is 19.7. The predicted octanol–water partition coefficient (Wildman–Crippen LogP) is 3.98. The number of carbonyl (C=O) groups is 1. The van der Waals surface area contributed by atoms with Crippen molar-refractivity contribution in [2.45, 2.75) is 6.92 Å². The monoisotopic (exact) mass is 492 g/mol. The van der Waals surface area contributed by atoms with Gasteiger partial charge in [-0.2, -0.15) is 5.10 Å². The van der Waals surface area contributed by atoms with E-state index < -0.39 is 0 Å². The Bertz CT molecular complexity index is 1590. The number of pyridine rings is 3. The summed E-state index contributed by atoms with van der Waals surface area (Å²) in [5.41, 5.74) is 6.91. The minimum Gasteiger partial charge on any atom is -0.379 e. The summed E-state index contributed by atoms with van der Waals surface area (Å²) < 4.78 is 7.28. The molecule has 1 aliphatic rings. The highest BCUT2D eigenvalue weighted by atomic mass is 16.5. The van der Waals surface area contributed by atoms with E-state index in [-0.39, 0.29) is 5.91 Å². The third kappa shape index (κ3) is 4.69. The molecule has 1 aliphatic heterocycles. The molecule has 0 atom stereocenters. The predicted molar refractivity (Wildman–Crippen MR) is 143 cm³/mol. The van der Waals surface area contributed by atoms with Crippen molar-refractivity contribution in [3.63, 3.8) is 0 Å². The van der Waals surface area contributed by atoms with E-state index in [1.165, 1.54) is 0 Å². The highest BCUT2D eigenvalue weighted by molar-refractivity contribution is 6.05. The second-order valence-corrected chi connectivity index (χ2v) is 9.22. The third-order valence-electron chi connectivity index (χ3n) is 6.76. The first kappa shape index (κ1) is 23.3. The van der Waals surface area contributed by atoms with Crippen molar-refractivity contribution in [1.29, 1.82) is 0 Å². The first-order valence-corrected chi connectivity index (χ1v) is 12.6. The molecule has 186 valence electrons. The Labute approximate surface area is 214 Å². The van der Waals surface area contributed by atoms with Crippen LogP contribution in [0, 0.1) is 6.92 Å². The van der Waals surface area contributed by atoms with Gasteiger partial charge in [-0.1, -0.05) is 18.2 Å². The maximum Gasteiger partial charge on any atom is 0.251 e. The number of hydrogen-bond donors (Lipinski definition) is 1. The van der Waals surface area contributed by atoms with Crippen molar-refractivity contribution in [3.8, 4) is 22.5 Å². The molecule has 8 nitrogen and oxygen atoms in total. The lowest BCUT2D eigenvalue weighted by Crippen LogP contribution is -2.41. The fourth-order valence-corrected chi connectivity index (χ4v) is 4.88. The highest BCUT2D eigenvalue weighted by Gasteiger charge is 2.20. The van der Waals surface area contributed by atoms with Crippen LogP contribution in [0.5, 0.6) is 0 Å². The quantitative estimate of drug-likeness (QED) is 0.386. The van der Waals surface area contributed by atoms with Gasteiger partial charge in [0.1, 0.15) is 5.69 Å². The van der Waals surface area contributed by atoms with E-state index in [4.69, 9.17) is 14.8 Å². The van der Waals surface area contributed by atoms with Gasteiger partial charge < -0.3 is 10.1 Å². The number of ether oxygens (including phenoxy) is 1. The molecule has 8 heteroatoms. The Balaban J connectivity index is 1.35. The summed E-state index contributed by atoms with van der Waals surface area (Å²) in [5, 5.41) is 8.88. The number of aromatic nitrogens is 4. The molecule has 4 aromatic heterocycles. The molecular formula is C29H28N6O2. The molecule has 0 aliphatic carbocycles. The van der Waals surface area contributed by atoms with Crippen LogP contribution in [0.4, 0.5) is 0 Å². The Morgan fingerprint density at radius 3 is 2.81 bits per heavy atom. The van der Waals surface area contributed by atoms with Crippen molar-refractivity contribution < 1.29 is 9.53 Å². The summed E-state index contributed by atoms with van der Waals surface area (Å²) >= 11 is 0. The molecular weight excluding hydrogens is 464 g/mol. The molecule has 1 aromatic carbocycles. The topological polar surface area (TPSA) is 84.7 Å². The van der Waals surface area contributed by atoms with E-state index in [9.17, 15) is 4.79 Å². The molecule has 0 spiro atoms. The van der Waals surface area contributed by atoms with Gasteiger partial charge in [-0.05, 0) is 55.0 Å². The second-order valence-electron chi connectivity index (χ2n) is 9.22. The lowest BCUT2D eigenvalue weighted by molar-refractivity contribution is 0.0383. The van der Waals surface area contributed by atoms with Gasteiger partial charge >= 0.3 is 0 Å². The summed E-state index contributed by atoms with van der Waals surface area (Å²) in [4.78, 5) is 24.5. The number of morpholine rings is 1. The largest absolute Gasteiger partial charge is 0.379 e. The zero-order valence-corrected chi connectivity index (χ0v) is 20.7. The van der Waals surface area contributed by atoms with E-state index in [0.29, 0.717) is 12.1 Å². The van der Waals surface area contributed by atoms with Crippen molar-refractivity contribution in [3.05, 3.63) is 84.3 Å². The van der Waals surface area contributed by atoms with E-state index in [2.05, 4.69) is 21.3 Å². The molecule has 5 aromatic rings. The molecule has 1 saturated heterocycles. The van der Waals surface area contributed by atoms with Crippen molar-refractivity contribution in [2.75, 3.05) is 39.4 Å². The highest BCUT2D eigenvalue weighted by Crippen LogP contribution is 2.37. The fourth-order valence-electron chi connectivity index (χ4n) is 4.88. The number of nitrogens with one attached hydrogen (secondary N) is 1. The van der Waals surface area contributed by atoms with E-state index in [1.807, 2.05) is 72.2 Å². The molecule has 0 bridgehead atoms. The zero-order chi connectivity index (χ0) is 25.2.